The van der Waals surface area contributed by atoms with E-state index in [0.717, 1.165) is 19.4 Å². The molecule has 1 unspecified atom stereocenters. The van der Waals surface area contributed by atoms with Crippen LogP contribution in [0.15, 0.2) is 0 Å². The number of epoxide rings is 1. The van der Waals surface area contributed by atoms with Gasteiger partial charge in [-0.15, -0.1) is 0 Å². The van der Waals surface area contributed by atoms with Crippen LogP contribution in [0.4, 0.5) is 0 Å². The number of hydrogen-bond donors (Lipinski definition) is 0. The van der Waals surface area contributed by atoms with Crippen LogP contribution in [0.2, 0.25) is 0 Å². The fraction of sp³-hybridized carbons (Fsp3) is 0.900. The summed E-state index contributed by atoms with van der Waals surface area (Å²) in [6, 6.07) is 0. The Kier molecular flexibility index (Phi) is 3.31. The first-order valence-corrected chi connectivity index (χ1v) is 4.81. The molecule has 3 heteroatoms. The van der Waals surface area contributed by atoms with E-state index < -0.39 is 0 Å². The molecule has 1 atom stereocenters. The number of hydrogen-bond acceptors (Lipinski definition) is 3. The van der Waals surface area contributed by atoms with Crippen LogP contribution in [0.1, 0.15) is 40.0 Å². The smallest absolute Gasteiger partial charge is 0.306 e. The molecule has 1 saturated heterocycles. The molecule has 76 valence electrons. The van der Waals surface area contributed by atoms with E-state index in [1.54, 1.807) is 0 Å². The van der Waals surface area contributed by atoms with Gasteiger partial charge in [0.2, 0.25) is 0 Å². The van der Waals surface area contributed by atoms with Gasteiger partial charge in [-0.1, -0.05) is 0 Å². The Morgan fingerprint density at radius 1 is 1.54 bits per heavy atom. The van der Waals surface area contributed by atoms with Gasteiger partial charge in [0.1, 0.15) is 5.60 Å². The van der Waals surface area contributed by atoms with Crippen molar-refractivity contribution in [3.05, 3.63) is 0 Å². The van der Waals surface area contributed by atoms with Crippen LogP contribution < -0.4 is 0 Å². The lowest BCUT2D eigenvalue weighted by atomic mass is 10.1. The Bertz CT molecular complexity index is 177. The minimum absolute atomic E-state index is 0.104. The van der Waals surface area contributed by atoms with E-state index in [2.05, 4.69) is 0 Å². The van der Waals surface area contributed by atoms with Crippen molar-refractivity contribution in [2.75, 3.05) is 6.61 Å². The Morgan fingerprint density at radius 2 is 2.15 bits per heavy atom. The zero-order valence-corrected chi connectivity index (χ0v) is 8.63. The average Bonchev–Trinajstić information content (AvgIpc) is 2.66. The summed E-state index contributed by atoms with van der Waals surface area (Å²) in [6.45, 7) is 6.52. The van der Waals surface area contributed by atoms with Gasteiger partial charge in [0.15, 0.2) is 0 Å². The minimum Gasteiger partial charge on any atom is -0.460 e. The van der Waals surface area contributed by atoms with Crippen molar-refractivity contribution in [1.29, 1.82) is 0 Å². The molecule has 0 N–H and O–H groups in total. The molecule has 0 spiro atoms. The molecule has 0 saturated carbocycles. The van der Waals surface area contributed by atoms with Gasteiger partial charge >= 0.3 is 5.97 Å². The predicted octanol–water partition coefficient (Wildman–Crippen LogP) is 1.90. The van der Waals surface area contributed by atoms with Crippen LogP contribution in [0, 0.1) is 0 Å². The molecule has 13 heavy (non-hydrogen) atoms. The molecule has 0 bridgehead atoms. The molecule has 1 rings (SSSR count). The van der Waals surface area contributed by atoms with Crippen LogP contribution >= 0.6 is 0 Å². The lowest BCUT2D eigenvalue weighted by Gasteiger charge is -2.19. The molecule has 1 fully saturated rings. The average molecular weight is 186 g/mol. The lowest BCUT2D eigenvalue weighted by Crippen LogP contribution is -2.23. The molecule has 0 aromatic carbocycles. The molecule has 3 nitrogen and oxygen atoms in total. The molecular formula is C10H18O3. The highest BCUT2D eigenvalue weighted by molar-refractivity contribution is 5.69. The van der Waals surface area contributed by atoms with Crippen LogP contribution in [-0.2, 0) is 14.3 Å². The number of esters is 1. The molecule has 0 amide bonds. The first kappa shape index (κ1) is 10.5. The summed E-state index contributed by atoms with van der Waals surface area (Å²) in [5.74, 6) is -0.104. The summed E-state index contributed by atoms with van der Waals surface area (Å²) in [5.41, 5.74) is -0.354. The monoisotopic (exact) mass is 186 g/mol. The Labute approximate surface area is 79.4 Å². The van der Waals surface area contributed by atoms with Gasteiger partial charge in [-0.2, -0.15) is 0 Å². The van der Waals surface area contributed by atoms with Crippen LogP contribution in [0.25, 0.3) is 0 Å². The Hall–Kier alpha value is -0.570. The van der Waals surface area contributed by atoms with Gasteiger partial charge in [-0.05, 0) is 33.6 Å². The van der Waals surface area contributed by atoms with Crippen molar-refractivity contribution in [2.45, 2.75) is 51.7 Å². The highest BCUT2D eigenvalue weighted by Crippen LogP contribution is 2.17. The van der Waals surface area contributed by atoms with Gasteiger partial charge in [0, 0.05) is 6.42 Å². The van der Waals surface area contributed by atoms with E-state index in [0.29, 0.717) is 12.5 Å². The second-order valence-corrected chi connectivity index (χ2v) is 4.43. The van der Waals surface area contributed by atoms with Crippen LogP contribution in [0.3, 0.4) is 0 Å². The third-order valence-electron chi connectivity index (χ3n) is 1.73. The van der Waals surface area contributed by atoms with E-state index in [1.165, 1.54) is 0 Å². The third kappa shape index (κ3) is 5.64. The van der Waals surface area contributed by atoms with E-state index >= 15 is 0 Å². The number of carbonyl (C=O) groups is 1. The second-order valence-electron chi connectivity index (χ2n) is 4.43. The predicted molar refractivity (Wildman–Crippen MR) is 49.4 cm³/mol. The third-order valence-corrected chi connectivity index (χ3v) is 1.73. The summed E-state index contributed by atoms with van der Waals surface area (Å²) in [5, 5.41) is 0. The van der Waals surface area contributed by atoms with Crippen LogP contribution in [-0.4, -0.2) is 24.3 Å². The number of rotatable bonds is 4. The minimum atomic E-state index is -0.354. The molecule has 1 aliphatic rings. The lowest BCUT2D eigenvalue weighted by molar-refractivity contribution is -0.154. The standard InChI is InChI=1S/C10H18O3/c1-10(2,3)13-9(11)6-4-5-8-7-12-8/h8H,4-7H2,1-3H3. The molecule has 0 aromatic rings. The van der Waals surface area contributed by atoms with Crippen molar-refractivity contribution in [3.8, 4) is 0 Å². The van der Waals surface area contributed by atoms with Gasteiger partial charge in [-0.3, -0.25) is 4.79 Å². The Morgan fingerprint density at radius 3 is 2.62 bits per heavy atom. The van der Waals surface area contributed by atoms with E-state index in [9.17, 15) is 4.79 Å². The summed E-state index contributed by atoms with van der Waals surface area (Å²) >= 11 is 0. The van der Waals surface area contributed by atoms with Crippen molar-refractivity contribution in [3.63, 3.8) is 0 Å². The second kappa shape index (κ2) is 4.09. The highest BCUT2D eigenvalue weighted by Gasteiger charge is 2.22. The summed E-state index contributed by atoms with van der Waals surface area (Å²) in [6.07, 6.45) is 2.79. The van der Waals surface area contributed by atoms with Crippen molar-refractivity contribution >= 4 is 5.97 Å². The summed E-state index contributed by atoms with van der Waals surface area (Å²) in [4.78, 5) is 11.2. The highest BCUT2D eigenvalue weighted by atomic mass is 16.6. The molecule has 0 radical (unpaired) electrons. The zero-order valence-electron chi connectivity index (χ0n) is 8.63. The normalized spacial score (nSPS) is 21.3. The molecular weight excluding hydrogens is 168 g/mol. The van der Waals surface area contributed by atoms with Crippen molar-refractivity contribution in [2.24, 2.45) is 0 Å². The fourth-order valence-electron chi connectivity index (χ4n) is 1.10. The largest absolute Gasteiger partial charge is 0.460 e. The van der Waals surface area contributed by atoms with Gasteiger partial charge < -0.3 is 9.47 Å². The number of carbonyl (C=O) groups excluding carboxylic acids is 1. The van der Waals surface area contributed by atoms with Gasteiger partial charge in [0.05, 0.1) is 12.7 Å². The van der Waals surface area contributed by atoms with Crippen molar-refractivity contribution < 1.29 is 14.3 Å². The maximum Gasteiger partial charge on any atom is 0.306 e. The summed E-state index contributed by atoms with van der Waals surface area (Å²) < 4.78 is 10.2. The molecule has 1 aliphatic heterocycles. The van der Waals surface area contributed by atoms with Crippen molar-refractivity contribution in [1.82, 2.24) is 0 Å². The Balaban J connectivity index is 2.02. The SMILES string of the molecule is CC(C)(C)OC(=O)CCCC1CO1. The maximum atomic E-state index is 11.2. The van der Waals surface area contributed by atoms with E-state index in [1.807, 2.05) is 20.8 Å². The molecule has 0 aromatic heterocycles. The summed E-state index contributed by atoms with van der Waals surface area (Å²) in [7, 11) is 0. The number of ether oxygens (including phenoxy) is 2. The first-order chi connectivity index (χ1) is 5.97. The quantitative estimate of drug-likeness (QED) is 0.497. The van der Waals surface area contributed by atoms with Gasteiger partial charge in [0.25, 0.3) is 0 Å². The van der Waals surface area contributed by atoms with E-state index in [-0.39, 0.29) is 11.6 Å². The first-order valence-electron chi connectivity index (χ1n) is 4.81. The molecule has 0 aliphatic carbocycles. The van der Waals surface area contributed by atoms with Crippen LogP contribution in [0.5, 0.6) is 0 Å². The molecule has 1 heterocycles. The fourth-order valence-corrected chi connectivity index (χ4v) is 1.10. The zero-order chi connectivity index (χ0) is 9.90. The topological polar surface area (TPSA) is 38.8 Å². The van der Waals surface area contributed by atoms with Gasteiger partial charge in [-0.25, -0.2) is 0 Å². The van der Waals surface area contributed by atoms with E-state index in [4.69, 9.17) is 9.47 Å². The maximum absolute atomic E-state index is 11.2.